The van der Waals surface area contributed by atoms with Crippen LogP contribution in [0.1, 0.15) is 24.0 Å². The summed E-state index contributed by atoms with van der Waals surface area (Å²) in [6.45, 7) is 4.05. The van der Waals surface area contributed by atoms with Gasteiger partial charge in [0.25, 0.3) is 0 Å². The predicted octanol–water partition coefficient (Wildman–Crippen LogP) is 2.28. The van der Waals surface area contributed by atoms with E-state index in [-0.39, 0.29) is 0 Å². The number of nitrogens with zero attached hydrogens (tertiary/aromatic N) is 1. The third-order valence-electron chi connectivity index (χ3n) is 2.62. The van der Waals surface area contributed by atoms with Gasteiger partial charge in [0.15, 0.2) is 0 Å². The van der Waals surface area contributed by atoms with Gasteiger partial charge >= 0.3 is 0 Å². The number of aliphatic imine (C=N–C) groups is 1. The standard InChI is InChI=1S/C12H16N2/c1-10-5-2-3-6-11(10)9-14-12-7-4-8-13-12/h2-3,5-6H,4,7-9H2,1H3,(H,13,14). The summed E-state index contributed by atoms with van der Waals surface area (Å²) in [6.07, 6.45) is 2.32. The molecule has 2 heteroatoms. The van der Waals surface area contributed by atoms with Crippen LogP contribution in [-0.2, 0) is 6.54 Å². The Bertz CT molecular complexity index is 342. The third kappa shape index (κ3) is 2.13. The number of nitrogens with one attached hydrogen (secondary N) is 1. The Kier molecular flexibility index (Phi) is 2.82. The lowest BCUT2D eigenvalue weighted by Crippen LogP contribution is -2.20. The van der Waals surface area contributed by atoms with Gasteiger partial charge in [0.05, 0.1) is 5.84 Å². The first-order chi connectivity index (χ1) is 6.86. The van der Waals surface area contributed by atoms with Gasteiger partial charge in [-0.3, -0.25) is 4.99 Å². The average molecular weight is 188 g/mol. The molecule has 1 aromatic rings. The van der Waals surface area contributed by atoms with Crippen LogP contribution in [0.4, 0.5) is 0 Å². The van der Waals surface area contributed by atoms with E-state index in [1.807, 2.05) is 0 Å². The van der Waals surface area contributed by atoms with E-state index < -0.39 is 0 Å². The van der Waals surface area contributed by atoms with Gasteiger partial charge in [0.1, 0.15) is 0 Å². The van der Waals surface area contributed by atoms with Crippen LogP contribution in [0.2, 0.25) is 0 Å². The summed E-state index contributed by atoms with van der Waals surface area (Å²) in [6, 6.07) is 8.47. The molecule has 74 valence electrons. The minimum atomic E-state index is 0.908. The molecule has 0 saturated heterocycles. The monoisotopic (exact) mass is 188 g/mol. The first-order valence-electron chi connectivity index (χ1n) is 5.18. The van der Waals surface area contributed by atoms with Crippen LogP contribution in [0, 0.1) is 6.92 Å². The zero-order valence-electron chi connectivity index (χ0n) is 8.59. The maximum atomic E-state index is 4.39. The highest BCUT2D eigenvalue weighted by molar-refractivity contribution is 5.83. The maximum Gasteiger partial charge on any atom is 0.0966 e. The Labute approximate surface area is 85.1 Å². The van der Waals surface area contributed by atoms with E-state index in [4.69, 9.17) is 0 Å². The second kappa shape index (κ2) is 4.27. The van der Waals surface area contributed by atoms with Gasteiger partial charge in [-0.05, 0) is 24.5 Å². The minimum absolute atomic E-state index is 0.908. The molecule has 0 aromatic heterocycles. The molecule has 2 rings (SSSR count). The molecule has 2 nitrogen and oxygen atoms in total. The number of aryl methyl sites for hydroxylation is 1. The van der Waals surface area contributed by atoms with Gasteiger partial charge in [0, 0.05) is 19.5 Å². The zero-order valence-corrected chi connectivity index (χ0v) is 8.59. The number of hydrogen-bond acceptors (Lipinski definition) is 2. The SMILES string of the molecule is Cc1ccccc1CNC1=NCCC1. The van der Waals surface area contributed by atoms with Gasteiger partial charge in [-0.25, -0.2) is 0 Å². The molecule has 0 radical (unpaired) electrons. The van der Waals surface area contributed by atoms with Gasteiger partial charge in [-0.15, -0.1) is 0 Å². The van der Waals surface area contributed by atoms with E-state index in [1.165, 1.54) is 23.4 Å². The smallest absolute Gasteiger partial charge is 0.0966 e. The Morgan fingerprint density at radius 3 is 2.93 bits per heavy atom. The Morgan fingerprint density at radius 1 is 1.36 bits per heavy atom. The van der Waals surface area contributed by atoms with E-state index in [9.17, 15) is 0 Å². The van der Waals surface area contributed by atoms with Crippen LogP contribution in [0.5, 0.6) is 0 Å². The number of hydrogen-bond donors (Lipinski definition) is 1. The van der Waals surface area contributed by atoms with Crippen LogP contribution >= 0.6 is 0 Å². The molecule has 1 N–H and O–H groups in total. The highest BCUT2D eigenvalue weighted by Crippen LogP contribution is 2.07. The summed E-state index contributed by atoms with van der Waals surface area (Å²) in [4.78, 5) is 4.39. The third-order valence-corrected chi connectivity index (χ3v) is 2.62. The Hall–Kier alpha value is -1.31. The largest absolute Gasteiger partial charge is 0.370 e. The Morgan fingerprint density at radius 2 is 2.21 bits per heavy atom. The molecule has 0 spiro atoms. The summed E-state index contributed by atoms with van der Waals surface area (Å²) < 4.78 is 0. The van der Waals surface area contributed by atoms with Crippen molar-refractivity contribution in [3.63, 3.8) is 0 Å². The summed E-state index contributed by atoms with van der Waals surface area (Å²) in [5.41, 5.74) is 2.71. The van der Waals surface area contributed by atoms with Crippen molar-refractivity contribution in [3.05, 3.63) is 35.4 Å². The fraction of sp³-hybridized carbons (Fsp3) is 0.417. The highest BCUT2D eigenvalue weighted by Gasteiger charge is 2.05. The summed E-state index contributed by atoms with van der Waals surface area (Å²) >= 11 is 0. The Balaban J connectivity index is 1.94. The van der Waals surface area contributed by atoms with Crippen molar-refractivity contribution in [3.8, 4) is 0 Å². The van der Waals surface area contributed by atoms with Crippen molar-refractivity contribution in [2.45, 2.75) is 26.3 Å². The van der Waals surface area contributed by atoms with Crippen molar-refractivity contribution in [1.29, 1.82) is 0 Å². The molecule has 1 aliphatic heterocycles. The molecule has 0 amide bonds. The van der Waals surface area contributed by atoms with E-state index in [0.29, 0.717) is 0 Å². The van der Waals surface area contributed by atoms with E-state index >= 15 is 0 Å². The van der Waals surface area contributed by atoms with Crippen LogP contribution in [0.3, 0.4) is 0 Å². The average Bonchev–Trinajstić information content (AvgIpc) is 2.69. The number of rotatable bonds is 2. The molecule has 0 fully saturated rings. The summed E-state index contributed by atoms with van der Waals surface area (Å²) in [5.74, 6) is 1.17. The quantitative estimate of drug-likeness (QED) is 0.756. The lowest BCUT2D eigenvalue weighted by atomic mass is 10.1. The first-order valence-corrected chi connectivity index (χ1v) is 5.18. The van der Waals surface area contributed by atoms with Crippen molar-refractivity contribution in [2.24, 2.45) is 4.99 Å². The van der Waals surface area contributed by atoms with Gasteiger partial charge in [-0.1, -0.05) is 24.3 Å². The second-order valence-electron chi connectivity index (χ2n) is 3.71. The molecule has 0 atom stereocenters. The topological polar surface area (TPSA) is 24.4 Å². The molecular formula is C12H16N2. The van der Waals surface area contributed by atoms with E-state index in [2.05, 4.69) is 41.5 Å². The number of amidine groups is 1. The highest BCUT2D eigenvalue weighted by atomic mass is 15.0. The second-order valence-corrected chi connectivity index (χ2v) is 3.71. The molecule has 1 aliphatic rings. The molecule has 1 heterocycles. The van der Waals surface area contributed by atoms with E-state index in [0.717, 1.165) is 19.5 Å². The van der Waals surface area contributed by atoms with Crippen LogP contribution in [0.25, 0.3) is 0 Å². The van der Waals surface area contributed by atoms with Crippen LogP contribution < -0.4 is 5.32 Å². The fourth-order valence-corrected chi connectivity index (χ4v) is 1.69. The molecule has 0 saturated carbocycles. The zero-order chi connectivity index (χ0) is 9.80. The van der Waals surface area contributed by atoms with E-state index in [1.54, 1.807) is 0 Å². The molecule has 1 aromatic carbocycles. The van der Waals surface area contributed by atoms with Crippen molar-refractivity contribution < 1.29 is 0 Å². The summed E-state index contributed by atoms with van der Waals surface area (Å²) in [7, 11) is 0. The van der Waals surface area contributed by atoms with Gasteiger partial charge in [0.2, 0.25) is 0 Å². The van der Waals surface area contributed by atoms with Crippen molar-refractivity contribution in [2.75, 3.05) is 6.54 Å². The van der Waals surface area contributed by atoms with Crippen molar-refractivity contribution >= 4 is 5.84 Å². The lowest BCUT2D eigenvalue weighted by molar-refractivity contribution is 0.882. The van der Waals surface area contributed by atoms with Crippen LogP contribution in [-0.4, -0.2) is 12.4 Å². The predicted molar refractivity (Wildman–Crippen MR) is 59.6 cm³/mol. The lowest BCUT2D eigenvalue weighted by Gasteiger charge is -2.07. The summed E-state index contributed by atoms with van der Waals surface area (Å²) in [5, 5.41) is 3.39. The van der Waals surface area contributed by atoms with Gasteiger partial charge < -0.3 is 5.32 Å². The molecule has 0 bridgehead atoms. The first kappa shape index (κ1) is 9.25. The van der Waals surface area contributed by atoms with Crippen molar-refractivity contribution in [1.82, 2.24) is 5.32 Å². The molecule has 0 aliphatic carbocycles. The molecule has 0 unspecified atom stereocenters. The normalized spacial score (nSPS) is 15.4. The molecular weight excluding hydrogens is 172 g/mol. The maximum absolute atomic E-state index is 4.39. The number of benzene rings is 1. The van der Waals surface area contributed by atoms with Crippen LogP contribution in [0.15, 0.2) is 29.3 Å². The molecule has 14 heavy (non-hydrogen) atoms. The minimum Gasteiger partial charge on any atom is -0.370 e. The van der Waals surface area contributed by atoms with Gasteiger partial charge in [-0.2, -0.15) is 0 Å². The fourth-order valence-electron chi connectivity index (χ4n) is 1.69.